The first-order valence-electron chi connectivity index (χ1n) is 7.77. The molecule has 1 aliphatic carbocycles. The Kier molecular flexibility index (Phi) is 4.17. The lowest BCUT2D eigenvalue weighted by molar-refractivity contribution is 0.0407. The Hall–Kier alpha value is -1.52. The van der Waals surface area contributed by atoms with Crippen LogP contribution in [0.1, 0.15) is 38.3 Å². The van der Waals surface area contributed by atoms with Gasteiger partial charge in [0.05, 0.1) is 6.61 Å². The third-order valence-electron chi connectivity index (χ3n) is 4.22. The van der Waals surface area contributed by atoms with Crippen LogP contribution in [0.3, 0.4) is 0 Å². The normalized spacial score (nSPS) is 17.4. The van der Waals surface area contributed by atoms with Crippen molar-refractivity contribution in [3.8, 4) is 5.75 Å². The zero-order valence-electron chi connectivity index (χ0n) is 12.5. The smallest absolute Gasteiger partial charge is 0.120 e. The van der Waals surface area contributed by atoms with Gasteiger partial charge in [0.2, 0.25) is 0 Å². The number of fused-ring (bicyclic) bond motifs is 1. The maximum Gasteiger partial charge on any atom is 0.120 e. The van der Waals surface area contributed by atoms with Gasteiger partial charge in [-0.1, -0.05) is 12.8 Å². The molecule has 1 aliphatic rings. The van der Waals surface area contributed by atoms with E-state index in [9.17, 15) is 5.11 Å². The Morgan fingerprint density at radius 3 is 2.76 bits per heavy atom. The molecule has 2 aromatic rings. The zero-order valence-corrected chi connectivity index (χ0v) is 12.5. The molecule has 1 heterocycles. The fourth-order valence-corrected chi connectivity index (χ4v) is 3.04. The summed E-state index contributed by atoms with van der Waals surface area (Å²) in [7, 11) is 0. The molecule has 0 atom stereocenters. The summed E-state index contributed by atoms with van der Waals surface area (Å²) in [6.45, 7) is 3.84. The first-order chi connectivity index (χ1) is 10.2. The number of H-pyrrole nitrogens is 1. The van der Waals surface area contributed by atoms with Gasteiger partial charge in [-0.25, -0.2) is 0 Å². The van der Waals surface area contributed by atoms with Crippen LogP contribution < -0.4 is 4.74 Å². The lowest BCUT2D eigenvalue weighted by Gasteiger charge is -2.20. The first-order valence-corrected chi connectivity index (χ1v) is 7.77. The van der Waals surface area contributed by atoms with Crippen molar-refractivity contribution in [1.29, 1.82) is 0 Å². The number of aromatic nitrogens is 1. The van der Waals surface area contributed by atoms with E-state index in [4.69, 9.17) is 9.47 Å². The summed E-state index contributed by atoms with van der Waals surface area (Å²) in [5.41, 5.74) is 1.30. The molecular formula is C17H23NO3. The molecule has 0 bridgehead atoms. The van der Waals surface area contributed by atoms with E-state index in [-0.39, 0.29) is 0 Å². The lowest BCUT2D eigenvalue weighted by Crippen LogP contribution is -2.21. The molecule has 3 rings (SSSR count). The van der Waals surface area contributed by atoms with Crippen LogP contribution in [-0.2, 0) is 10.3 Å². The van der Waals surface area contributed by atoms with E-state index in [2.05, 4.69) is 11.1 Å². The van der Waals surface area contributed by atoms with Crippen molar-refractivity contribution in [3.05, 3.63) is 30.0 Å². The number of hydrogen-bond donors (Lipinski definition) is 2. The molecule has 21 heavy (non-hydrogen) atoms. The third kappa shape index (κ3) is 3.06. The minimum atomic E-state index is -0.672. The minimum Gasteiger partial charge on any atom is -0.491 e. The maximum absolute atomic E-state index is 10.7. The molecule has 0 unspecified atom stereocenters. The molecule has 1 saturated carbocycles. The van der Waals surface area contributed by atoms with Gasteiger partial charge in [-0.3, -0.25) is 0 Å². The lowest BCUT2D eigenvalue weighted by atomic mass is 9.98. The molecule has 1 aromatic carbocycles. The molecule has 0 amide bonds. The van der Waals surface area contributed by atoms with Crippen LogP contribution in [0.25, 0.3) is 10.9 Å². The fraction of sp³-hybridized carbons (Fsp3) is 0.529. The first kappa shape index (κ1) is 14.4. The molecule has 1 fully saturated rings. The topological polar surface area (TPSA) is 54.5 Å². The van der Waals surface area contributed by atoms with E-state index in [0.717, 1.165) is 48.0 Å². The van der Waals surface area contributed by atoms with E-state index < -0.39 is 5.60 Å². The molecular weight excluding hydrogens is 266 g/mol. The number of aliphatic hydroxyl groups is 1. The van der Waals surface area contributed by atoms with Crippen molar-refractivity contribution in [2.45, 2.75) is 38.2 Å². The summed E-state index contributed by atoms with van der Waals surface area (Å²) < 4.78 is 10.9. The Morgan fingerprint density at radius 2 is 2.00 bits per heavy atom. The van der Waals surface area contributed by atoms with Crippen LogP contribution >= 0.6 is 0 Å². The van der Waals surface area contributed by atoms with Gasteiger partial charge in [-0.2, -0.15) is 0 Å². The summed E-state index contributed by atoms with van der Waals surface area (Å²) in [4.78, 5) is 3.35. The summed E-state index contributed by atoms with van der Waals surface area (Å²) in [6.07, 6.45) is 3.88. The standard InChI is InChI=1S/C17H23NO3/c1-2-20-9-10-21-14-5-6-15-13(11-14)12-16(18-15)17(19)7-3-4-8-17/h5-6,11-12,18-19H,2-4,7-10H2,1H3. The van der Waals surface area contributed by atoms with Gasteiger partial charge in [-0.15, -0.1) is 0 Å². The second-order valence-corrected chi connectivity index (χ2v) is 5.72. The molecule has 0 radical (unpaired) electrons. The summed E-state index contributed by atoms with van der Waals surface area (Å²) in [5, 5.41) is 11.7. The van der Waals surface area contributed by atoms with Crippen LogP contribution in [-0.4, -0.2) is 29.9 Å². The van der Waals surface area contributed by atoms with E-state index in [0.29, 0.717) is 19.8 Å². The fourth-order valence-electron chi connectivity index (χ4n) is 3.04. The molecule has 0 spiro atoms. The number of rotatable bonds is 6. The second kappa shape index (κ2) is 6.08. The van der Waals surface area contributed by atoms with Crippen LogP contribution in [0, 0.1) is 0 Å². The van der Waals surface area contributed by atoms with Gasteiger partial charge < -0.3 is 19.6 Å². The second-order valence-electron chi connectivity index (χ2n) is 5.72. The predicted molar refractivity (Wildman–Crippen MR) is 82.7 cm³/mol. The minimum absolute atomic E-state index is 0.556. The van der Waals surface area contributed by atoms with Crippen LogP contribution in [0.5, 0.6) is 5.75 Å². The SMILES string of the molecule is CCOCCOc1ccc2[nH]c(C3(O)CCCC3)cc2c1. The monoisotopic (exact) mass is 289 g/mol. The van der Waals surface area contributed by atoms with Crippen molar-refractivity contribution in [2.24, 2.45) is 0 Å². The maximum atomic E-state index is 10.7. The summed E-state index contributed by atoms with van der Waals surface area (Å²) in [5.74, 6) is 0.839. The number of nitrogens with one attached hydrogen (secondary N) is 1. The van der Waals surface area contributed by atoms with Crippen LogP contribution in [0.4, 0.5) is 0 Å². The Morgan fingerprint density at radius 1 is 1.19 bits per heavy atom. The van der Waals surface area contributed by atoms with Gasteiger partial charge >= 0.3 is 0 Å². The molecule has 1 aromatic heterocycles. The van der Waals surface area contributed by atoms with E-state index >= 15 is 0 Å². The number of ether oxygens (including phenoxy) is 2. The Bertz CT molecular complexity index is 599. The number of hydrogen-bond acceptors (Lipinski definition) is 3. The van der Waals surface area contributed by atoms with Gasteiger partial charge in [0.15, 0.2) is 0 Å². The molecule has 4 heteroatoms. The van der Waals surface area contributed by atoms with Crippen molar-refractivity contribution in [1.82, 2.24) is 4.98 Å². The van der Waals surface area contributed by atoms with Gasteiger partial charge in [-0.05, 0) is 44.0 Å². The summed E-state index contributed by atoms with van der Waals surface area (Å²) >= 11 is 0. The highest BCUT2D eigenvalue weighted by Crippen LogP contribution is 2.39. The zero-order chi connectivity index (χ0) is 14.7. The average molecular weight is 289 g/mol. The van der Waals surface area contributed by atoms with E-state index in [1.54, 1.807) is 0 Å². The van der Waals surface area contributed by atoms with Crippen LogP contribution in [0.15, 0.2) is 24.3 Å². The average Bonchev–Trinajstić information content (AvgIpc) is 3.10. The largest absolute Gasteiger partial charge is 0.491 e. The van der Waals surface area contributed by atoms with Crippen molar-refractivity contribution in [2.75, 3.05) is 19.8 Å². The Labute approximate surface area is 125 Å². The van der Waals surface area contributed by atoms with E-state index in [1.807, 2.05) is 25.1 Å². The van der Waals surface area contributed by atoms with Gasteiger partial charge in [0.25, 0.3) is 0 Å². The molecule has 0 aliphatic heterocycles. The highest BCUT2D eigenvalue weighted by molar-refractivity contribution is 5.82. The molecule has 114 valence electrons. The molecule has 4 nitrogen and oxygen atoms in total. The van der Waals surface area contributed by atoms with Crippen molar-refractivity contribution < 1.29 is 14.6 Å². The third-order valence-corrected chi connectivity index (χ3v) is 4.22. The quantitative estimate of drug-likeness (QED) is 0.802. The van der Waals surface area contributed by atoms with E-state index in [1.165, 1.54) is 0 Å². The Balaban J connectivity index is 1.75. The van der Waals surface area contributed by atoms with Gasteiger partial charge in [0.1, 0.15) is 18.0 Å². The summed E-state index contributed by atoms with van der Waals surface area (Å²) in [6, 6.07) is 8.02. The number of aromatic amines is 1. The highest BCUT2D eigenvalue weighted by Gasteiger charge is 2.34. The molecule has 2 N–H and O–H groups in total. The van der Waals surface area contributed by atoms with Crippen molar-refractivity contribution in [3.63, 3.8) is 0 Å². The highest BCUT2D eigenvalue weighted by atomic mass is 16.5. The van der Waals surface area contributed by atoms with Crippen molar-refractivity contribution >= 4 is 10.9 Å². The predicted octanol–water partition coefficient (Wildman–Crippen LogP) is 3.34. The van der Waals surface area contributed by atoms with Crippen LogP contribution in [0.2, 0.25) is 0 Å². The molecule has 0 saturated heterocycles. The number of benzene rings is 1. The van der Waals surface area contributed by atoms with Gasteiger partial charge in [0, 0.05) is 23.2 Å².